The number of carbonyl (C=O) groups excluding carboxylic acids is 8. The van der Waals surface area contributed by atoms with Crippen LogP contribution in [0.3, 0.4) is 0 Å². The monoisotopic (exact) mass is 1140 g/mol. The Morgan fingerprint density at radius 1 is 0.439 bits per heavy atom. The van der Waals surface area contributed by atoms with E-state index in [1.54, 1.807) is 25.1 Å². The Bertz CT molecular complexity index is 2840. The molecule has 3 rings (SSSR count). The number of aliphatic imine (C=N–C) groups is 4. The quantitative estimate of drug-likeness (QED) is 0.0196. The van der Waals surface area contributed by atoms with Crippen LogP contribution in [-0.4, -0.2) is 142 Å². The highest BCUT2D eigenvalue weighted by atomic mass is 16.5. The zero-order chi connectivity index (χ0) is 60.9. The van der Waals surface area contributed by atoms with Crippen molar-refractivity contribution in [1.82, 2.24) is 21.3 Å². The van der Waals surface area contributed by atoms with Crippen molar-refractivity contribution in [1.29, 1.82) is 0 Å². The van der Waals surface area contributed by atoms with E-state index in [0.717, 1.165) is 0 Å². The summed E-state index contributed by atoms with van der Waals surface area (Å²) in [6.07, 6.45) is 1.91. The predicted octanol–water partition coefficient (Wildman–Crippen LogP) is -0.559. The van der Waals surface area contributed by atoms with Gasteiger partial charge in [0, 0.05) is 51.9 Å². The van der Waals surface area contributed by atoms with Crippen LogP contribution in [0.15, 0.2) is 74.6 Å². The van der Waals surface area contributed by atoms with Crippen molar-refractivity contribution in [3.8, 4) is 17.2 Å². The van der Waals surface area contributed by atoms with Crippen LogP contribution in [-0.2, 0) is 43.2 Å². The number of amides is 4. The number of nitrogens with one attached hydrogen (secondary N) is 4. The molecule has 0 heterocycles. The first kappa shape index (κ1) is 67.0. The number of Topliss-reactive ketones (excluding diaryl/α,β-unsaturated/α-hetero) is 4. The number of ether oxygens (including phenoxy) is 3. The fourth-order valence-corrected chi connectivity index (χ4v) is 8.35. The van der Waals surface area contributed by atoms with Crippen molar-refractivity contribution in [3.63, 3.8) is 0 Å². The number of guanidine groups is 4. The number of ketones is 4. The smallest absolute Gasteiger partial charge is 0.255 e. The fraction of sp³-hybridized carbons (Fsp3) is 0.455. The third kappa shape index (κ3) is 23.6. The molecule has 0 aliphatic carbocycles. The molecule has 0 fully saturated rings. The zero-order valence-electron chi connectivity index (χ0n) is 47.2. The second-order valence-electron chi connectivity index (χ2n) is 19.1. The third-order valence-corrected chi connectivity index (χ3v) is 12.6. The van der Waals surface area contributed by atoms with Crippen molar-refractivity contribution in [2.24, 2.45) is 65.8 Å². The number of nitrogens with two attached hydrogens (primary N) is 8. The Morgan fingerprint density at radius 2 is 0.756 bits per heavy atom. The summed E-state index contributed by atoms with van der Waals surface area (Å²) in [5, 5.41) is 11.0. The van der Waals surface area contributed by atoms with Gasteiger partial charge in [-0.2, -0.15) is 0 Å². The molecule has 0 spiro atoms. The largest absolute Gasteiger partial charge is 0.496 e. The molecule has 82 heavy (non-hydrogen) atoms. The van der Waals surface area contributed by atoms with E-state index >= 15 is 0 Å². The summed E-state index contributed by atoms with van der Waals surface area (Å²) in [4.78, 5) is 125. The van der Waals surface area contributed by atoms with Crippen molar-refractivity contribution in [2.45, 2.75) is 115 Å². The maximum atomic E-state index is 14.3. The standard InChI is InChI=1S/C55H80N16O11/c1-31(68-48(76)14-6-7-21-64-52(56)57)42(73)28-33-15-18-46(81-4)37(25-33)50(78)70-40(12-9-23-66-54(60)61)44(75)30-35-17-20-47(82-5)38(27-35)51(79)71-41(13-10-24-67-55(62)63)43(74)29-34-16-19-45(80-3)36(26-34)49(77)69-39(32(2)72)11-8-22-65-53(58)59/h15-20,25-27,31,39-41H,6-14,21-24,28-30H2,1-5H3,(H,68,76)(H,69,77)(H,70,78)(H,71,79)(H4,56,57,64)(H4,58,59,65)(H4,60,61,66)(H4,62,63,67)/t31-,39-,40-,41-/m1/s1. The third-order valence-electron chi connectivity index (χ3n) is 12.6. The molecule has 4 atom stereocenters. The maximum absolute atomic E-state index is 14.3. The lowest BCUT2D eigenvalue weighted by atomic mass is 9.96. The van der Waals surface area contributed by atoms with E-state index in [1.807, 2.05) is 0 Å². The van der Waals surface area contributed by atoms with Gasteiger partial charge in [-0.15, -0.1) is 0 Å². The van der Waals surface area contributed by atoms with Gasteiger partial charge in [0.15, 0.2) is 47.0 Å². The molecule has 3 aromatic carbocycles. The van der Waals surface area contributed by atoms with Gasteiger partial charge in [-0.05, 0) is 118 Å². The number of unbranched alkanes of at least 4 members (excludes halogenated alkanes) is 1. The first-order valence-electron chi connectivity index (χ1n) is 26.5. The van der Waals surface area contributed by atoms with Crippen LogP contribution < -0.4 is 81.3 Å². The average Bonchev–Trinajstić information content (AvgIpc) is 3.64. The molecular weight excluding hydrogens is 1060 g/mol. The highest BCUT2D eigenvalue weighted by Gasteiger charge is 2.28. The minimum Gasteiger partial charge on any atom is -0.496 e. The Morgan fingerprint density at radius 3 is 1.09 bits per heavy atom. The topological polar surface area (TPSA) is 470 Å². The maximum Gasteiger partial charge on any atom is 0.255 e. The second kappa shape index (κ2) is 34.7. The average molecular weight is 1140 g/mol. The number of hydrogen-bond donors (Lipinski definition) is 12. The molecule has 446 valence electrons. The van der Waals surface area contributed by atoms with Gasteiger partial charge >= 0.3 is 0 Å². The molecule has 0 aliphatic heterocycles. The highest BCUT2D eigenvalue weighted by molar-refractivity contribution is 6.03. The van der Waals surface area contributed by atoms with Crippen molar-refractivity contribution < 1.29 is 52.6 Å². The lowest BCUT2D eigenvalue weighted by Crippen LogP contribution is -2.42. The molecule has 0 radical (unpaired) electrons. The molecule has 0 saturated carbocycles. The van der Waals surface area contributed by atoms with Gasteiger partial charge in [0.05, 0.1) is 62.2 Å². The Labute approximate surface area is 476 Å². The van der Waals surface area contributed by atoms with Crippen molar-refractivity contribution in [2.75, 3.05) is 47.5 Å². The SMILES string of the molecule is COc1ccc(CC(=O)[C@@H](CCCN=C(N)N)NC(=O)c2cc(CC(=O)[C@@H](CCCN=C(N)N)NC(=O)c3cc(CC(=O)[C@@H](C)NC(=O)CCCCN=C(N)N)ccc3OC)ccc2OC)cc1C(=O)N[C@H](CCCN=C(N)N)C(C)=O. The van der Waals surface area contributed by atoms with Crippen LogP contribution in [0.4, 0.5) is 0 Å². The van der Waals surface area contributed by atoms with Gasteiger partial charge in [-0.25, -0.2) is 0 Å². The molecule has 27 heteroatoms. The molecular formula is C55H80N16O11. The van der Waals surface area contributed by atoms with Gasteiger partial charge in [-0.3, -0.25) is 58.3 Å². The molecule has 0 aromatic heterocycles. The molecule has 27 nitrogen and oxygen atoms in total. The van der Waals surface area contributed by atoms with Crippen LogP contribution in [0, 0.1) is 0 Å². The van der Waals surface area contributed by atoms with Crippen LogP contribution in [0.25, 0.3) is 0 Å². The van der Waals surface area contributed by atoms with Crippen molar-refractivity contribution in [3.05, 3.63) is 88.0 Å². The van der Waals surface area contributed by atoms with Gasteiger partial charge in [0.25, 0.3) is 17.7 Å². The molecule has 0 bridgehead atoms. The molecule has 3 aromatic rings. The van der Waals surface area contributed by atoms with Gasteiger partial charge in [0.2, 0.25) is 5.91 Å². The molecule has 0 aliphatic rings. The van der Waals surface area contributed by atoms with E-state index in [-0.39, 0.29) is 153 Å². The van der Waals surface area contributed by atoms with Gasteiger partial charge < -0.3 is 81.3 Å². The van der Waals surface area contributed by atoms with Crippen LogP contribution in [0.5, 0.6) is 17.2 Å². The lowest BCUT2D eigenvalue weighted by Gasteiger charge is -2.21. The Hall–Kier alpha value is -9.30. The Kier molecular flexibility index (Phi) is 28.3. The van der Waals surface area contributed by atoms with Crippen LogP contribution in [0.1, 0.15) is 119 Å². The van der Waals surface area contributed by atoms with E-state index in [0.29, 0.717) is 42.5 Å². The van der Waals surface area contributed by atoms with E-state index in [2.05, 4.69) is 41.2 Å². The summed E-state index contributed by atoms with van der Waals surface area (Å²) < 4.78 is 16.5. The van der Waals surface area contributed by atoms with Crippen LogP contribution in [0.2, 0.25) is 0 Å². The number of nitrogens with zero attached hydrogens (tertiary/aromatic N) is 4. The minimum absolute atomic E-state index is 0.0191. The summed E-state index contributed by atoms with van der Waals surface area (Å²) in [5.74, 6) is -3.91. The number of rotatable bonds is 37. The van der Waals surface area contributed by atoms with E-state index in [9.17, 15) is 38.4 Å². The van der Waals surface area contributed by atoms with Gasteiger partial charge in [0.1, 0.15) is 17.2 Å². The van der Waals surface area contributed by atoms with Crippen LogP contribution >= 0.6 is 0 Å². The normalized spacial score (nSPS) is 12.1. The summed E-state index contributed by atoms with van der Waals surface area (Å²) >= 11 is 0. The molecule has 0 saturated heterocycles. The number of benzene rings is 3. The zero-order valence-corrected chi connectivity index (χ0v) is 47.2. The van der Waals surface area contributed by atoms with E-state index in [4.69, 9.17) is 60.1 Å². The first-order valence-corrected chi connectivity index (χ1v) is 26.5. The van der Waals surface area contributed by atoms with E-state index < -0.39 is 53.5 Å². The molecule has 20 N–H and O–H groups in total. The summed E-state index contributed by atoms with van der Waals surface area (Å²) in [6.45, 7) is 3.79. The highest BCUT2D eigenvalue weighted by Crippen LogP contribution is 2.25. The molecule has 4 amide bonds. The lowest BCUT2D eigenvalue weighted by molar-refractivity contribution is -0.127. The fourth-order valence-electron chi connectivity index (χ4n) is 8.35. The summed E-state index contributed by atoms with van der Waals surface area (Å²) in [5.41, 5.74) is 45.0. The first-order chi connectivity index (χ1) is 39.0. The summed E-state index contributed by atoms with van der Waals surface area (Å²) in [7, 11) is 4.08. The van der Waals surface area contributed by atoms with Crippen molar-refractivity contribution >= 4 is 70.6 Å². The second-order valence-corrected chi connectivity index (χ2v) is 19.1. The van der Waals surface area contributed by atoms with E-state index in [1.165, 1.54) is 64.7 Å². The minimum atomic E-state index is -1.13. The number of carbonyl (C=O) groups is 8. The number of hydrogen-bond acceptors (Lipinski definition) is 15. The Balaban J connectivity index is 1.88. The predicted molar refractivity (Wildman–Crippen MR) is 311 cm³/mol. The molecule has 0 unspecified atom stereocenters. The summed E-state index contributed by atoms with van der Waals surface area (Å²) in [6, 6.07) is 9.72. The number of methoxy groups -OCH3 is 3. The van der Waals surface area contributed by atoms with Gasteiger partial charge in [-0.1, -0.05) is 18.2 Å².